The highest BCUT2D eigenvalue weighted by molar-refractivity contribution is 5.24. The van der Waals surface area contributed by atoms with Gasteiger partial charge in [-0.2, -0.15) is 0 Å². The summed E-state index contributed by atoms with van der Waals surface area (Å²) < 4.78 is 16.1. The molecule has 193 valence electrons. The highest BCUT2D eigenvalue weighted by atomic mass is 16.6. The first-order valence-corrected chi connectivity index (χ1v) is 10.3. The summed E-state index contributed by atoms with van der Waals surface area (Å²) >= 11 is 0. The van der Waals surface area contributed by atoms with Crippen LogP contribution in [0.15, 0.2) is 0 Å². The maximum Gasteiger partial charge on any atom is 0.166 e. The summed E-state index contributed by atoms with van der Waals surface area (Å²) in [6.07, 6.45) is -25.7. The quantitative estimate of drug-likeness (QED) is 0.172. The Morgan fingerprint density at radius 1 is 0.576 bits per heavy atom. The Morgan fingerprint density at radius 3 is 1.58 bits per heavy atom. The normalized spacial score (nSPS) is 54.4. The van der Waals surface area contributed by atoms with Gasteiger partial charge in [-0.1, -0.05) is 0 Å². The van der Waals surface area contributed by atoms with E-state index >= 15 is 0 Å². The van der Waals surface area contributed by atoms with Gasteiger partial charge < -0.3 is 75.5 Å². The first kappa shape index (κ1) is 27.0. The molecule has 14 atom stereocenters. The number of aliphatic hydroxyl groups excluding tert-OH is 11. The minimum absolute atomic E-state index is 0.859. The summed E-state index contributed by atoms with van der Waals surface area (Å²) in [4.78, 5) is 0. The van der Waals surface area contributed by atoms with Crippen LogP contribution in [0.5, 0.6) is 0 Å². The van der Waals surface area contributed by atoms with E-state index in [0.717, 1.165) is 0 Å². The number of hydrogen-bond acceptors (Lipinski definition) is 15. The second-order valence-electron chi connectivity index (χ2n) is 8.46. The van der Waals surface area contributed by atoms with Gasteiger partial charge in [0.25, 0.3) is 0 Å². The van der Waals surface area contributed by atoms with E-state index in [4.69, 9.17) is 14.2 Å². The van der Waals surface area contributed by atoms with E-state index in [1.165, 1.54) is 0 Å². The molecule has 15 nitrogen and oxygen atoms in total. The van der Waals surface area contributed by atoms with Gasteiger partial charge in [-0.05, 0) is 0 Å². The molecule has 0 aromatic carbocycles. The second kappa shape index (κ2) is 10.2. The summed E-state index contributed by atoms with van der Waals surface area (Å²) in [6, 6.07) is 0. The molecular formula is C18H31O15. The zero-order valence-electron chi connectivity index (χ0n) is 17.2. The van der Waals surface area contributed by atoms with Crippen molar-refractivity contribution in [1.29, 1.82) is 0 Å². The SMILES string of the molecule is OC[C@H]1O[C](C2O[C@H](CO)[C@@H](O)[C@H](O)[C@H]2O)[C@@](O)(C2O[C@H](CO)[C@@H](O)[C@H](O)[C@H]2O)[C@@H](O)[C@@H]1O. The molecule has 0 amide bonds. The number of rotatable bonds is 5. The van der Waals surface area contributed by atoms with E-state index in [9.17, 15) is 61.3 Å². The van der Waals surface area contributed by atoms with Crippen molar-refractivity contribution >= 4 is 0 Å². The topological polar surface area (TPSA) is 270 Å². The molecule has 3 fully saturated rings. The third kappa shape index (κ3) is 4.31. The molecule has 0 bridgehead atoms. The van der Waals surface area contributed by atoms with Crippen LogP contribution in [-0.2, 0) is 14.2 Å². The highest BCUT2D eigenvalue weighted by Crippen LogP contribution is 2.46. The van der Waals surface area contributed by atoms with Gasteiger partial charge in [-0.3, -0.25) is 0 Å². The maximum atomic E-state index is 11.6. The lowest BCUT2D eigenvalue weighted by atomic mass is 9.71. The molecule has 3 aliphatic rings. The Labute approximate surface area is 187 Å². The minimum Gasteiger partial charge on any atom is -0.394 e. The van der Waals surface area contributed by atoms with Crippen LogP contribution >= 0.6 is 0 Å². The Bertz CT molecular complexity index is 650. The maximum absolute atomic E-state index is 11.6. The summed E-state index contributed by atoms with van der Waals surface area (Å²) in [6.45, 7) is -2.67. The van der Waals surface area contributed by atoms with Crippen LogP contribution in [0.25, 0.3) is 0 Å². The van der Waals surface area contributed by atoms with Crippen LogP contribution in [-0.4, -0.2) is 166 Å². The fourth-order valence-electron chi connectivity index (χ4n) is 4.47. The Morgan fingerprint density at radius 2 is 1.06 bits per heavy atom. The molecule has 0 aromatic rings. The summed E-state index contributed by atoms with van der Waals surface area (Å²) in [5.74, 6) is 0. The largest absolute Gasteiger partial charge is 0.394 e. The smallest absolute Gasteiger partial charge is 0.166 e. The lowest BCUT2D eigenvalue weighted by molar-refractivity contribution is -0.339. The van der Waals surface area contributed by atoms with E-state index in [1.54, 1.807) is 0 Å². The molecule has 1 radical (unpaired) electrons. The molecule has 3 saturated heterocycles. The van der Waals surface area contributed by atoms with Crippen molar-refractivity contribution in [1.82, 2.24) is 0 Å². The molecular weight excluding hydrogens is 456 g/mol. The fraction of sp³-hybridized carbons (Fsp3) is 0.944. The molecule has 0 spiro atoms. The Kier molecular flexibility index (Phi) is 8.32. The lowest BCUT2D eigenvalue weighted by Gasteiger charge is -2.57. The van der Waals surface area contributed by atoms with Crippen LogP contribution < -0.4 is 0 Å². The van der Waals surface area contributed by atoms with Crippen LogP contribution in [0.3, 0.4) is 0 Å². The minimum atomic E-state index is -3.04. The summed E-state index contributed by atoms with van der Waals surface area (Å²) in [5, 5.41) is 123. The van der Waals surface area contributed by atoms with E-state index < -0.39 is 111 Å². The van der Waals surface area contributed by atoms with E-state index in [-0.39, 0.29) is 0 Å². The monoisotopic (exact) mass is 487 g/mol. The summed E-state index contributed by atoms with van der Waals surface area (Å²) in [7, 11) is 0. The molecule has 12 N–H and O–H groups in total. The molecule has 0 saturated carbocycles. The molecule has 15 heteroatoms. The van der Waals surface area contributed by atoms with Crippen LogP contribution in [0.4, 0.5) is 0 Å². The molecule has 3 aliphatic heterocycles. The third-order valence-corrected chi connectivity index (χ3v) is 6.49. The van der Waals surface area contributed by atoms with E-state index in [2.05, 4.69) is 0 Å². The van der Waals surface area contributed by atoms with Gasteiger partial charge in [-0.25, -0.2) is 0 Å². The predicted molar refractivity (Wildman–Crippen MR) is 99.7 cm³/mol. The van der Waals surface area contributed by atoms with Crippen molar-refractivity contribution in [3.63, 3.8) is 0 Å². The number of hydrogen-bond donors (Lipinski definition) is 12. The Hall–Kier alpha value is -0.600. The third-order valence-electron chi connectivity index (χ3n) is 6.49. The van der Waals surface area contributed by atoms with E-state index in [1.807, 2.05) is 0 Å². The van der Waals surface area contributed by atoms with Crippen LogP contribution in [0.1, 0.15) is 0 Å². The van der Waals surface area contributed by atoms with Gasteiger partial charge in [0.05, 0.1) is 19.8 Å². The second-order valence-corrected chi connectivity index (χ2v) is 8.46. The summed E-state index contributed by atoms with van der Waals surface area (Å²) in [5.41, 5.74) is -3.04. The molecule has 3 rings (SSSR count). The molecule has 2 unspecified atom stereocenters. The van der Waals surface area contributed by atoms with Crippen molar-refractivity contribution in [2.45, 2.75) is 85.0 Å². The van der Waals surface area contributed by atoms with Crippen molar-refractivity contribution in [2.75, 3.05) is 19.8 Å². The van der Waals surface area contributed by atoms with Crippen molar-refractivity contribution in [3.05, 3.63) is 6.10 Å². The fourth-order valence-corrected chi connectivity index (χ4v) is 4.47. The average molecular weight is 487 g/mol. The zero-order chi connectivity index (χ0) is 24.8. The Balaban J connectivity index is 2.07. The van der Waals surface area contributed by atoms with Gasteiger partial charge in [0.2, 0.25) is 0 Å². The first-order valence-electron chi connectivity index (χ1n) is 10.3. The van der Waals surface area contributed by atoms with E-state index in [0.29, 0.717) is 0 Å². The van der Waals surface area contributed by atoms with Crippen LogP contribution in [0, 0.1) is 6.10 Å². The first-order chi connectivity index (χ1) is 15.4. The number of ether oxygens (including phenoxy) is 3. The van der Waals surface area contributed by atoms with Gasteiger partial charge in [-0.15, -0.1) is 0 Å². The van der Waals surface area contributed by atoms with Gasteiger partial charge in [0, 0.05) is 0 Å². The number of aliphatic hydroxyl groups is 12. The average Bonchev–Trinajstić information content (AvgIpc) is 2.80. The highest BCUT2D eigenvalue weighted by Gasteiger charge is 2.68. The van der Waals surface area contributed by atoms with Crippen molar-refractivity contribution in [3.8, 4) is 0 Å². The van der Waals surface area contributed by atoms with Gasteiger partial charge in [0.1, 0.15) is 79.4 Å². The molecule has 0 aliphatic carbocycles. The van der Waals surface area contributed by atoms with Crippen molar-refractivity contribution < 1.29 is 75.5 Å². The zero-order valence-corrected chi connectivity index (χ0v) is 17.2. The molecule has 0 aromatic heterocycles. The molecule has 33 heavy (non-hydrogen) atoms. The predicted octanol–water partition coefficient (Wildman–Crippen LogP) is -7.95. The molecule has 3 heterocycles. The lowest BCUT2D eigenvalue weighted by Crippen LogP contribution is -2.77. The van der Waals surface area contributed by atoms with Crippen LogP contribution in [0.2, 0.25) is 0 Å². The standard InChI is InChI=1S/C18H31O15/c19-1-4-7(22)10(25)12(27)14(31-4)17-18(30,15(29)9(24)6(3-21)33-17)16-13(28)11(26)8(23)5(2-20)32-16/h4-16,19-30H,1-3H2/t4-,5-,6-,7-,8-,9-,10+,11+,12-,13-,14?,15+,16?,18+/m1/s1. The van der Waals surface area contributed by atoms with Crippen molar-refractivity contribution in [2.24, 2.45) is 0 Å². The van der Waals surface area contributed by atoms with Gasteiger partial charge in [0.15, 0.2) is 11.7 Å². The van der Waals surface area contributed by atoms with Gasteiger partial charge >= 0.3 is 0 Å².